The lowest BCUT2D eigenvalue weighted by atomic mass is 9.58. The molecule has 1 aromatic carbocycles. The number of likely N-dealkylation sites (tertiary alicyclic amines) is 1. The van der Waals surface area contributed by atoms with Gasteiger partial charge in [0.25, 0.3) is 0 Å². The summed E-state index contributed by atoms with van der Waals surface area (Å²) in [6.45, 7) is 1.95. The van der Waals surface area contributed by atoms with Crippen molar-refractivity contribution >= 4 is 5.91 Å². The fourth-order valence-electron chi connectivity index (χ4n) is 3.91. The normalized spacial score (nSPS) is 24.8. The molecule has 1 amide bonds. The van der Waals surface area contributed by atoms with Gasteiger partial charge >= 0.3 is 0 Å². The van der Waals surface area contributed by atoms with Crippen LogP contribution in [0.15, 0.2) is 30.3 Å². The molecule has 2 atom stereocenters. The predicted molar refractivity (Wildman–Crippen MR) is 92.3 cm³/mol. The van der Waals surface area contributed by atoms with Crippen LogP contribution in [-0.2, 0) is 9.53 Å². The molecule has 1 saturated carbocycles. The Morgan fingerprint density at radius 3 is 2.56 bits per heavy atom. The van der Waals surface area contributed by atoms with Crippen molar-refractivity contribution in [2.45, 2.75) is 37.9 Å². The lowest BCUT2D eigenvalue weighted by Gasteiger charge is -2.56. The van der Waals surface area contributed by atoms with E-state index in [2.05, 4.69) is 0 Å². The summed E-state index contributed by atoms with van der Waals surface area (Å²) in [5.74, 6) is 0.863. The van der Waals surface area contributed by atoms with Crippen molar-refractivity contribution in [3.05, 3.63) is 30.3 Å². The fraction of sp³-hybridized carbons (Fsp3) is 0.632. The number of aliphatic hydroxyl groups excluding tert-OH is 2. The number of hydrogen-bond donors (Lipinski definition) is 2. The number of nitrogens with zero attached hydrogens (tertiary/aromatic N) is 1. The third-order valence-corrected chi connectivity index (χ3v) is 5.53. The molecule has 138 valence electrons. The van der Waals surface area contributed by atoms with Gasteiger partial charge in [-0.1, -0.05) is 18.2 Å². The summed E-state index contributed by atoms with van der Waals surface area (Å²) in [4.78, 5) is 14.2. The second-order valence-electron chi connectivity index (χ2n) is 6.86. The van der Waals surface area contributed by atoms with E-state index < -0.39 is 0 Å². The minimum absolute atomic E-state index is 0.00526. The molecule has 2 N–H and O–H groups in total. The van der Waals surface area contributed by atoms with E-state index in [4.69, 9.17) is 14.6 Å². The number of carbonyl (C=O) groups excluding carboxylic acids is 1. The Morgan fingerprint density at radius 1 is 1.20 bits per heavy atom. The molecule has 0 aromatic heterocycles. The molecule has 1 saturated heterocycles. The second-order valence-corrected chi connectivity index (χ2v) is 6.86. The van der Waals surface area contributed by atoms with Gasteiger partial charge in [-0.2, -0.15) is 0 Å². The number of benzene rings is 1. The SMILES string of the molecule is O=C(CCOc1ccccc1)N1CCC2(CC1)[C@H](O)C[C@@H]2OCCO. The first kappa shape index (κ1) is 18.2. The van der Waals surface area contributed by atoms with Crippen LogP contribution in [0.4, 0.5) is 0 Å². The first-order valence-electron chi connectivity index (χ1n) is 9.02. The quantitative estimate of drug-likeness (QED) is 0.773. The van der Waals surface area contributed by atoms with Gasteiger partial charge in [0.1, 0.15) is 5.75 Å². The molecule has 3 rings (SSSR count). The number of amides is 1. The van der Waals surface area contributed by atoms with Gasteiger partial charge in [-0.3, -0.25) is 4.79 Å². The van der Waals surface area contributed by atoms with Crippen LogP contribution in [0.1, 0.15) is 25.7 Å². The molecule has 1 aliphatic carbocycles. The first-order valence-corrected chi connectivity index (χ1v) is 9.02. The van der Waals surface area contributed by atoms with Crippen molar-refractivity contribution in [2.24, 2.45) is 5.41 Å². The summed E-state index contributed by atoms with van der Waals surface area (Å²) in [6, 6.07) is 9.48. The third-order valence-electron chi connectivity index (χ3n) is 5.53. The highest BCUT2D eigenvalue weighted by Crippen LogP contribution is 2.50. The zero-order chi connectivity index (χ0) is 17.7. The Morgan fingerprint density at radius 2 is 1.92 bits per heavy atom. The zero-order valence-corrected chi connectivity index (χ0v) is 14.5. The van der Waals surface area contributed by atoms with Crippen molar-refractivity contribution in [1.82, 2.24) is 4.90 Å². The molecule has 1 aliphatic heterocycles. The molecule has 1 heterocycles. The Kier molecular flexibility index (Phi) is 5.93. The first-order chi connectivity index (χ1) is 12.2. The monoisotopic (exact) mass is 349 g/mol. The van der Waals surface area contributed by atoms with Gasteiger partial charge in [-0.15, -0.1) is 0 Å². The molecule has 2 fully saturated rings. The van der Waals surface area contributed by atoms with Gasteiger partial charge in [0.15, 0.2) is 0 Å². The Labute approximate surface area is 148 Å². The number of aliphatic hydroxyl groups is 2. The van der Waals surface area contributed by atoms with Gasteiger partial charge in [-0.05, 0) is 25.0 Å². The van der Waals surface area contributed by atoms with Crippen LogP contribution in [0.3, 0.4) is 0 Å². The number of carbonyl (C=O) groups is 1. The van der Waals surface area contributed by atoms with Crippen LogP contribution >= 0.6 is 0 Å². The average Bonchev–Trinajstić information content (AvgIpc) is 2.66. The highest BCUT2D eigenvalue weighted by atomic mass is 16.5. The van der Waals surface area contributed by atoms with Crippen LogP contribution in [0.5, 0.6) is 5.75 Å². The van der Waals surface area contributed by atoms with E-state index in [0.29, 0.717) is 39.1 Å². The second kappa shape index (κ2) is 8.17. The summed E-state index contributed by atoms with van der Waals surface area (Å²) in [5.41, 5.74) is -0.244. The minimum Gasteiger partial charge on any atom is -0.493 e. The van der Waals surface area contributed by atoms with E-state index >= 15 is 0 Å². The molecule has 1 aromatic rings. The number of rotatable bonds is 7. The van der Waals surface area contributed by atoms with Crippen molar-refractivity contribution < 1.29 is 24.5 Å². The van der Waals surface area contributed by atoms with Crippen molar-refractivity contribution in [1.29, 1.82) is 0 Å². The van der Waals surface area contributed by atoms with E-state index in [1.165, 1.54) is 0 Å². The summed E-state index contributed by atoms with van der Waals surface area (Å²) in [5, 5.41) is 19.1. The van der Waals surface area contributed by atoms with Gasteiger partial charge in [0.2, 0.25) is 5.91 Å². The average molecular weight is 349 g/mol. The predicted octanol–water partition coefficient (Wildman–Crippen LogP) is 1.21. The molecular weight excluding hydrogens is 322 g/mol. The van der Waals surface area contributed by atoms with Crippen molar-refractivity contribution in [2.75, 3.05) is 32.9 Å². The van der Waals surface area contributed by atoms with Gasteiger partial charge in [0.05, 0.1) is 38.4 Å². The van der Waals surface area contributed by atoms with E-state index in [-0.39, 0.29) is 30.1 Å². The van der Waals surface area contributed by atoms with Crippen LogP contribution in [0.2, 0.25) is 0 Å². The smallest absolute Gasteiger partial charge is 0.225 e. The van der Waals surface area contributed by atoms with Crippen LogP contribution < -0.4 is 4.74 Å². The Bertz CT molecular complexity index is 556. The number of ether oxygens (including phenoxy) is 2. The maximum atomic E-state index is 12.4. The van der Waals surface area contributed by atoms with Crippen LogP contribution in [-0.4, -0.2) is 66.1 Å². The molecule has 0 unspecified atom stereocenters. The molecule has 0 radical (unpaired) electrons. The van der Waals surface area contributed by atoms with Gasteiger partial charge in [-0.25, -0.2) is 0 Å². The summed E-state index contributed by atoms with van der Waals surface area (Å²) < 4.78 is 11.3. The number of para-hydroxylation sites is 1. The third kappa shape index (κ3) is 3.97. The molecule has 6 nitrogen and oxygen atoms in total. The lowest BCUT2D eigenvalue weighted by molar-refractivity contribution is -0.213. The maximum Gasteiger partial charge on any atom is 0.225 e. The fourth-order valence-corrected chi connectivity index (χ4v) is 3.91. The van der Waals surface area contributed by atoms with Crippen LogP contribution in [0.25, 0.3) is 0 Å². The molecule has 6 heteroatoms. The Hall–Kier alpha value is -1.63. The zero-order valence-electron chi connectivity index (χ0n) is 14.5. The van der Waals surface area contributed by atoms with E-state index in [9.17, 15) is 9.90 Å². The van der Waals surface area contributed by atoms with Crippen molar-refractivity contribution in [3.8, 4) is 5.75 Å². The largest absolute Gasteiger partial charge is 0.493 e. The molecule has 25 heavy (non-hydrogen) atoms. The summed E-state index contributed by atoms with van der Waals surface area (Å²) in [6.07, 6.45) is 2.10. The molecular formula is C19H27NO5. The van der Waals surface area contributed by atoms with E-state index in [1.54, 1.807) is 0 Å². The topological polar surface area (TPSA) is 79.2 Å². The molecule has 0 bridgehead atoms. The Balaban J connectivity index is 1.43. The minimum atomic E-state index is -0.366. The van der Waals surface area contributed by atoms with E-state index in [0.717, 1.165) is 18.6 Å². The van der Waals surface area contributed by atoms with Gasteiger partial charge in [0, 0.05) is 24.9 Å². The van der Waals surface area contributed by atoms with Gasteiger partial charge < -0.3 is 24.6 Å². The lowest BCUT2D eigenvalue weighted by Crippen LogP contribution is -2.62. The highest BCUT2D eigenvalue weighted by Gasteiger charge is 2.56. The summed E-state index contributed by atoms with van der Waals surface area (Å²) in [7, 11) is 0. The maximum absolute atomic E-state index is 12.4. The standard InChI is InChI=1S/C19H27NO5/c21-11-13-25-17-14-16(22)19(17)7-9-20(10-8-19)18(23)6-12-24-15-4-2-1-3-5-15/h1-5,16-17,21-22H,6-14H2/t16-,17+/m1/s1. The van der Waals surface area contributed by atoms with Crippen molar-refractivity contribution in [3.63, 3.8) is 0 Å². The van der Waals surface area contributed by atoms with E-state index in [1.807, 2.05) is 35.2 Å². The number of hydrogen-bond acceptors (Lipinski definition) is 5. The summed E-state index contributed by atoms with van der Waals surface area (Å²) >= 11 is 0. The molecule has 1 spiro atoms. The number of piperidine rings is 1. The van der Waals surface area contributed by atoms with Crippen LogP contribution in [0, 0.1) is 5.41 Å². The highest BCUT2D eigenvalue weighted by molar-refractivity contribution is 5.76. The molecule has 2 aliphatic rings.